The number of nitrogens with zero attached hydrogens (tertiary/aromatic N) is 2. The third-order valence-electron chi connectivity index (χ3n) is 4.69. The third kappa shape index (κ3) is 5.77. The van der Waals surface area contributed by atoms with Gasteiger partial charge in [0.15, 0.2) is 18.1 Å². The molecule has 4 rings (SSSR count). The van der Waals surface area contributed by atoms with Crippen LogP contribution < -0.4 is 14.8 Å². The Morgan fingerprint density at radius 3 is 2.65 bits per heavy atom. The molecule has 1 amide bonds. The minimum absolute atomic E-state index is 0.0394. The zero-order valence-electron chi connectivity index (χ0n) is 17.9. The lowest BCUT2D eigenvalue weighted by atomic mass is 10.2. The number of thiazole rings is 1. The van der Waals surface area contributed by atoms with E-state index in [4.69, 9.17) is 9.47 Å². The fourth-order valence-corrected chi connectivity index (χ4v) is 4.23. The van der Waals surface area contributed by atoms with Crippen LogP contribution in [0.5, 0.6) is 11.5 Å². The van der Waals surface area contributed by atoms with Gasteiger partial charge >= 0.3 is 0 Å². The molecule has 0 spiro atoms. The molecule has 0 atom stereocenters. The Labute approximate surface area is 207 Å². The summed E-state index contributed by atoms with van der Waals surface area (Å²) in [6, 6.07) is 17.2. The normalized spacial score (nSPS) is 11.0. The van der Waals surface area contributed by atoms with Crippen LogP contribution in [0.1, 0.15) is 10.6 Å². The number of halogens is 1. The van der Waals surface area contributed by atoms with Crippen molar-refractivity contribution in [3.05, 3.63) is 85.8 Å². The Morgan fingerprint density at radius 2 is 1.91 bits per heavy atom. The van der Waals surface area contributed by atoms with Crippen molar-refractivity contribution in [2.45, 2.75) is 0 Å². The molecule has 1 heterocycles. The molecular formula is C24H18BrN3O5S. The molecule has 8 nitrogen and oxygen atoms in total. The van der Waals surface area contributed by atoms with E-state index in [0.717, 1.165) is 19.7 Å². The molecule has 0 unspecified atom stereocenters. The highest BCUT2D eigenvalue weighted by Crippen LogP contribution is 2.30. The number of nitro benzene ring substituents is 1. The summed E-state index contributed by atoms with van der Waals surface area (Å²) in [7, 11) is 1.53. The maximum absolute atomic E-state index is 12.2. The van der Waals surface area contributed by atoms with E-state index in [1.165, 1.54) is 30.6 Å². The van der Waals surface area contributed by atoms with E-state index >= 15 is 0 Å². The maximum atomic E-state index is 12.2. The Bertz CT molecular complexity index is 1390. The molecule has 4 aromatic rings. The monoisotopic (exact) mass is 539 g/mol. The summed E-state index contributed by atoms with van der Waals surface area (Å²) in [5, 5.41) is 14.4. The van der Waals surface area contributed by atoms with Crippen LogP contribution in [0, 0.1) is 10.1 Å². The number of hydrogen-bond acceptors (Lipinski definition) is 7. The van der Waals surface area contributed by atoms with Gasteiger partial charge in [-0.3, -0.25) is 14.9 Å². The van der Waals surface area contributed by atoms with Gasteiger partial charge in [-0.2, -0.15) is 0 Å². The molecule has 1 N–H and O–H groups in total. The van der Waals surface area contributed by atoms with Crippen molar-refractivity contribution in [3.8, 4) is 11.5 Å². The van der Waals surface area contributed by atoms with Crippen LogP contribution in [0.2, 0.25) is 0 Å². The highest BCUT2D eigenvalue weighted by atomic mass is 79.9. The van der Waals surface area contributed by atoms with Gasteiger partial charge in [0.1, 0.15) is 5.01 Å². The van der Waals surface area contributed by atoms with Gasteiger partial charge in [-0.15, -0.1) is 11.3 Å². The second-order valence-corrected chi connectivity index (χ2v) is 9.03. The SMILES string of the molecule is COc1cc(C=Cc2nc3ccc([N+](=O)[O-])cc3s2)ccc1OCC(=O)Nc1ccc(Br)cc1. The molecule has 10 heteroatoms. The fourth-order valence-electron chi connectivity index (χ4n) is 3.06. The summed E-state index contributed by atoms with van der Waals surface area (Å²) in [5.41, 5.74) is 2.26. The van der Waals surface area contributed by atoms with Crippen molar-refractivity contribution in [2.24, 2.45) is 0 Å². The minimum Gasteiger partial charge on any atom is -0.493 e. The minimum atomic E-state index is -0.422. The topological polar surface area (TPSA) is 104 Å². The molecule has 0 aliphatic carbocycles. The van der Waals surface area contributed by atoms with E-state index in [0.29, 0.717) is 22.7 Å². The lowest BCUT2D eigenvalue weighted by Gasteiger charge is -2.11. The van der Waals surface area contributed by atoms with Crippen molar-refractivity contribution in [2.75, 3.05) is 19.0 Å². The lowest BCUT2D eigenvalue weighted by Crippen LogP contribution is -2.20. The number of hydrogen-bond donors (Lipinski definition) is 1. The van der Waals surface area contributed by atoms with Gasteiger partial charge in [0.2, 0.25) is 0 Å². The van der Waals surface area contributed by atoms with Crippen LogP contribution in [0.3, 0.4) is 0 Å². The van der Waals surface area contributed by atoms with Crippen molar-refractivity contribution in [3.63, 3.8) is 0 Å². The number of carbonyl (C=O) groups excluding carboxylic acids is 1. The zero-order chi connectivity index (χ0) is 24.1. The standard InChI is InChI=1S/C24H18BrN3O5S/c1-32-21-12-15(3-11-24-27-19-9-8-18(28(30)31)13-22(19)34-24)2-10-20(21)33-14-23(29)26-17-6-4-16(25)5-7-17/h2-13H,14H2,1H3,(H,26,29). The molecule has 3 aromatic carbocycles. The van der Waals surface area contributed by atoms with Crippen LogP contribution in [0.25, 0.3) is 22.4 Å². The zero-order valence-corrected chi connectivity index (χ0v) is 20.3. The van der Waals surface area contributed by atoms with Crippen LogP contribution in [-0.4, -0.2) is 29.5 Å². The van der Waals surface area contributed by atoms with E-state index in [1.54, 1.807) is 30.3 Å². The molecule has 0 bridgehead atoms. The van der Waals surface area contributed by atoms with E-state index in [2.05, 4.69) is 26.2 Å². The van der Waals surface area contributed by atoms with Gasteiger partial charge in [0, 0.05) is 22.3 Å². The fraction of sp³-hybridized carbons (Fsp3) is 0.0833. The van der Waals surface area contributed by atoms with Crippen LogP contribution in [0.15, 0.2) is 65.1 Å². The maximum Gasteiger partial charge on any atom is 0.270 e. The van der Waals surface area contributed by atoms with Gasteiger partial charge in [-0.05, 0) is 54.1 Å². The number of nitrogens with one attached hydrogen (secondary N) is 1. The highest BCUT2D eigenvalue weighted by molar-refractivity contribution is 9.10. The second-order valence-electron chi connectivity index (χ2n) is 7.05. The van der Waals surface area contributed by atoms with Gasteiger partial charge in [0.25, 0.3) is 11.6 Å². The smallest absolute Gasteiger partial charge is 0.270 e. The van der Waals surface area contributed by atoms with Crippen LogP contribution in [-0.2, 0) is 4.79 Å². The largest absolute Gasteiger partial charge is 0.493 e. The molecule has 0 aliphatic heterocycles. The van der Waals surface area contributed by atoms with Crippen LogP contribution >= 0.6 is 27.3 Å². The molecule has 1 aromatic heterocycles. The molecule has 34 heavy (non-hydrogen) atoms. The predicted molar refractivity (Wildman–Crippen MR) is 136 cm³/mol. The average Bonchev–Trinajstić information content (AvgIpc) is 3.25. The number of amides is 1. The Hall–Kier alpha value is -3.76. The third-order valence-corrected chi connectivity index (χ3v) is 6.20. The molecule has 0 aliphatic rings. The number of carbonyl (C=O) groups is 1. The van der Waals surface area contributed by atoms with Crippen LogP contribution in [0.4, 0.5) is 11.4 Å². The summed E-state index contributed by atoms with van der Waals surface area (Å²) in [6.07, 6.45) is 3.69. The summed E-state index contributed by atoms with van der Waals surface area (Å²) in [6.45, 7) is -0.167. The average molecular weight is 540 g/mol. The number of nitro groups is 1. The van der Waals surface area contributed by atoms with Gasteiger partial charge in [-0.25, -0.2) is 4.98 Å². The first kappa shape index (κ1) is 23.4. The van der Waals surface area contributed by atoms with Gasteiger partial charge in [-0.1, -0.05) is 28.1 Å². The first-order valence-electron chi connectivity index (χ1n) is 10.0. The number of methoxy groups -OCH3 is 1. The number of benzene rings is 3. The second kappa shape index (κ2) is 10.4. The Balaban J connectivity index is 1.41. The van der Waals surface area contributed by atoms with Gasteiger partial charge in [0.05, 0.1) is 22.2 Å². The molecule has 0 saturated carbocycles. The number of non-ortho nitro benzene ring substituents is 1. The number of ether oxygens (including phenoxy) is 2. The van der Waals surface area contributed by atoms with Crippen molar-refractivity contribution in [1.29, 1.82) is 0 Å². The highest BCUT2D eigenvalue weighted by Gasteiger charge is 2.11. The predicted octanol–water partition coefficient (Wildman–Crippen LogP) is 6.16. The van der Waals surface area contributed by atoms with E-state index in [1.807, 2.05) is 30.4 Å². The molecular weight excluding hydrogens is 522 g/mol. The van der Waals surface area contributed by atoms with E-state index in [9.17, 15) is 14.9 Å². The van der Waals surface area contributed by atoms with Crippen molar-refractivity contribution < 1.29 is 19.2 Å². The quantitative estimate of drug-likeness (QED) is 0.212. The van der Waals surface area contributed by atoms with E-state index < -0.39 is 4.92 Å². The molecule has 172 valence electrons. The number of aromatic nitrogens is 1. The number of rotatable bonds is 8. The summed E-state index contributed by atoms with van der Waals surface area (Å²) >= 11 is 4.72. The first-order chi connectivity index (χ1) is 16.4. The number of fused-ring (bicyclic) bond motifs is 1. The van der Waals surface area contributed by atoms with Crippen molar-refractivity contribution in [1.82, 2.24) is 4.98 Å². The first-order valence-corrected chi connectivity index (χ1v) is 11.6. The lowest BCUT2D eigenvalue weighted by molar-refractivity contribution is -0.384. The number of anilines is 1. The Kier molecular flexibility index (Phi) is 7.19. The van der Waals surface area contributed by atoms with E-state index in [-0.39, 0.29) is 18.2 Å². The summed E-state index contributed by atoms with van der Waals surface area (Å²) in [5.74, 6) is 0.640. The Morgan fingerprint density at radius 1 is 1.12 bits per heavy atom. The molecule has 0 radical (unpaired) electrons. The molecule has 0 saturated heterocycles. The summed E-state index contributed by atoms with van der Waals surface area (Å²) in [4.78, 5) is 27.2. The van der Waals surface area contributed by atoms with Crippen molar-refractivity contribution >= 4 is 66.9 Å². The van der Waals surface area contributed by atoms with Gasteiger partial charge < -0.3 is 14.8 Å². The summed E-state index contributed by atoms with van der Waals surface area (Å²) < 4.78 is 12.7. The molecule has 0 fully saturated rings.